The molecule has 0 unspecified atom stereocenters. The van der Waals surface area contributed by atoms with E-state index in [1.54, 1.807) is 0 Å². The molecular formula is C17H15N5. The van der Waals surface area contributed by atoms with E-state index in [9.17, 15) is 0 Å². The number of hydrogen-bond acceptors (Lipinski definition) is 5. The SMILES string of the molecule is Nc1nc(N)nc(C(=Cc2ccccc2)c2ccccc2)n1. The summed E-state index contributed by atoms with van der Waals surface area (Å²) in [6, 6.07) is 19.8. The van der Waals surface area contributed by atoms with Crippen molar-refractivity contribution in [2.45, 2.75) is 0 Å². The number of anilines is 2. The highest BCUT2D eigenvalue weighted by Crippen LogP contribution is 2.24. The molecule has 0 radical (unpaired) electrons. The average Bonchev–Trinajstić information content (AvgIpc) is 2.53. The van der Waals surface area contributed by atoms with E-state index in [2.05, 4.69) is 15.0 Å². The Morgan fingerprint density at radius 3 is 1.86 bits per heavy atom. The maximum absolute atomic E-state index is 5.70. The summed E-state index contributed by atoms with van der Waals surface area (Å²) in [4.78, 5) is 12.3. The molecule has 3 aromatic rings. The van der Waals surface area contributed by atoms with E-state index in [-0.39, 0.29) is 11.9 Å². The van der Waals surface area contributed by atoms with Crippen molar-refractivity contribution in [2.75, 3.05) is 11.5 Å². The van der Waals surface area contributed by atoms with Gasteiger partial charge < -0.3 is 11.5 Å². The molecule has 0 saturated carbocycles. The molecule has 108 valence electrons. The Morgan fingerprint density at radius 2 is 1.27 bits per heavy atom. The van der Waals surface area contributed by atoms with Crippen LogP contribution in [0.25, 0.3) is 11.6 Å². The van der Waals surface area contributed by atoms with Gasteiger partial charge in [0.1, 0.15) is 0 Å². The van der Waals surface area contributed by atoms with E-state index < -0.39 is 0 Å². The zero-order chi connectivity index (χ0) is 15.4. The zero-order valence-electron chi connectivity index (χ0n) is 11.8. The maximum Gasteiger partial charge on any atom is 0.225 e. The predicted molar refractivity (Wildman–Crippen MR) is 88.5 cm³/mol. The summed E-state index contributed by atoms with van der Waals surface area (Å²) >= 11 is 0. The van der Waals surface area contributed by atoms with E-state index in [0.717, 1.165) is 16.7 Å². The topological polar surface area (TPSA) is 90.7 Å². The van der Waals surface area contributed by atoms with Crippen molar-refractivity contribution < 1.29 is 0 Å². The van der Waals surface area contributed by atoms with Crippen LogP contribution in [0.3, 0.4) is 0 Å². The molecule has 1 heterocycles. The van der Waals surface area contributed by atoms with Gasteiger partial charge in [-0.25, -0.2) is 0 Å². The second-order valence-electron chi connectivity index (χ2n) is 4.71. The standard InChI is InChI=1S/C17H15N5/c18-16-20-15(21-17(19)22-16)14(13-9-5-2-6-10-13)11-12-7-3-1-4-8-12/h1-11H,(H4,18,19,20,21,22). The molecule has 0 saturated heterocycles. The molecule has 0 bridgehead atoms. The van der Waals surface area contributed by atoms with E-state index in [1.807, 2.05) is 66.7 Å². The molecule has 4 N–H and O–H groups in total. The summed E-state index contributed by atoms with van der Waals surface area (Å²) in [6.07, 6.45) is 2.00. The Morgan fingerprint density at radius 1 is 0.727 bits per heavy atom. The van der Waals surface area contributed by atoms with Gasteiger partial charge in [0.2, 0.25) is 11.9 Å². The minimum Gasteiger partial charge on any atom is -0.368 e. The van der Waals surface area contributed by atoms with Crippen LogP contribution >= 0.6 is 0 Å². The van der Waals surface area contributed by atoms with Gasteiger partial charge in [-0.3, -0.25) is 0 Å². The van der Waals surface area contributed by atoms with Crippen LogP contribution in [0.2, 0.25) is 0 Å². The minimum absolute atomic E-state index is 0.109. The molecule has 0 aliphatic rings. The smallest absolute Gasteiger partial charge is 0.225 e. The second kappa shape index (κ2) is 6.05. The van der Waals surface area contributed by atoms with Crippen LogP contribution in [0, 0.1) is 0 Å². The molecule has 0 spiro atoms. The van der Waals surface area contributed by atoms with Crippen LogP contribution < -0.4 is 11.5 Å². The summed E-state index contributed by atoms with van der Waals surface area (Å²) in [6.45, 7) is 0. The third-order valence-corrected chi connectivity index (χ3v) is 3.11. The highest BCUT2D eigenvalue weighted by Gasteiger charge is 2.10. The van der Waals surface area contributed by atoms with Crippen LogP contribution in [0.5, 0.6) is 0 Å². The van der Waals surface area contributed by atoms with E-state index in [0.29, 0.717) is 5.82 Å². The first-order valence-electron chi connectivity index (χ1n) is 6.82. The van der Waals surface area contributed by atoms with Crippen LogP contribution in [0.1, 0.15) is 17.0 Å². The van der Waals surface area contributed by atoms with Gasteiger partial charge in [-0.2, -0.15) is 15.0 Å². The van der Waals surface area contributed by atoms with Crippen molar-refractivity contribution in [1.29, 1.82) is 0 Å². The molecule has 5 heteroatoms. The van der Waals surface area contributed by atoms with Crippen LogP contribution in [-0.4, -0.2) is 15.0 Å². The lowest BCUT2D eigenvalue weighted by atomic mass is 10.0. The molecule has 0 atom stereocenters. The van der Waals surface area contributed by atoms with Gasteiger partial charge in [-0.05, 0) is 17.2 Å². The fraction of sp³-hybridized carbons (Fsp3) is 0. The third-order valence-electron chi connectivity index (χ3n) is 3.11. The Bertz CT molecular complexity index is 778. The molecular weight excluding hydrogens is 274 g/mol. The lowest BCUT2D eigenvalue weighted by Crippen LogP contribution is -2.07. The third kappa shape index (κ3) is 3.09. The van der Waals surface area contributed by atoms with E-state index >= 15 is 0 Å². The Labute approximate surface area is 128 Å². The fourth-order valence-electron chi connectivity index (χ4n) is 2.14. The Hall–Kier alpha value is -3.21. The van der Waals surface area contributed by atoms with Gasteiger partial charge in [0.25, 0.3) is 0 Å². The number of hydrogen-bond donors (Lipinski definition) is 2. The number of rotatable bonds is 3. The van der Waals surface area contributed by atoms with Gasteiger partial charge in [-0.1, -0.05) is 60.7 Å². The van der Waals surface area contributed by atoms with Gasteiger partial charge in [-0.15, -0.1) is 0 Å². The second-order valence-corrected chi connectivity index (χ2v) is 4.71. The van der Waals surface area contributed by atoms with Crippen molar-refractivity contribution in [3.63, 3.8) is 0 Å². The number of benzene rings is 2. The molecule has 2 aromatic carbocycles. The predicted octanol–water partition coefficient (Wildman–Crippen LogP) is 2.62. The summed E-state index contributed by atoms with van der Waals surface area (Å²) in [7, 11) is 0. The summed E-state index contributed by atoms with van der Waals surface area (Å²) in [5.74, 6) is 0.676. The number of nitrogen functional groups attached to an aromatic ring is 2. The highest BCUT2D eigenvalue weighted by atomic mass is 15.1. The average molecular weight is 289 g/mol. The van der Waals surface area contributed by atoms with Gasteiger partial charge in [0.05, 0.1) is 0 Å². The Kier molecular flexibility index (Phi) is 3.78. The van der Waals surface area contributed by atoms with Gasteiger partial charge in [0.15, 0.2) is 5.82 Å². The highest BCUT2D eigenvalue weighted by molar-refractivity contribution is 5.89. The summed E-state index contributed by atoms with van der Waals surface area (Å²) < 4.78 is 0. The molecule has 0 amide bonds. The van der Waals surface area contributed by atoms with Crippen molar-refractivity contribution in [2.24, 2.45) is 0 Å². The zero-order valence-corrected chi connectivity index (χ0v) is 11.8. The van der Waals surface area contributed by atoms with E-state index in [1.165, 1.54) is 0 Å². The van der Waals surface area contributed by atoms with Crippen molar-refractivity contribution in [3.05, 3.63) is 77.6 Å². The van der Waals surface area contributed by atoms with Crippen LogP contribution in [-0.2, 0) is 0 Å². The molecule has 1 aromatic heterocycles. The first-order valence-corrected chi connectivity index (χ1v) is 6.82. The van der Waals surface area contributed by atoms with E-state index in [4.69, 9.17) is 11.5 Å². The summed E-state index contributed by atoms with van der Waals surface area (Å²) in [5, 5.41) is 0. The maximum atomic E-state index is 5.70. The molecule has 5 nitrogen and oxygen atoms in total. The Balaban J connectivity index is 2.17. The van der Waals surface area contributed by atoms with Crippen molar-refractivity contribution in [3.8, 4) is 0 Å². The molecule has 0 aliphatic carbocycles. The monoisotopic (exact) mass is 289 g/mol. The fourth-order valence-corrected chi connectivity index (χ4v) is 2.14. The lowest BCUT2D eigenvalue weighted by Gasteiger charge is -2.08. The first kappa shape index (κ1) is 13.8. The lowest BCUT2D eigenvalue weighted by molar-refractivity contribution is 1.05. The quantitative estimate of drug-likeness (QED) is 0.723. The van der Waals surface area contributed by atoms with Crippen LogP contribution in [0.4, 0.5) is 11.9 Å². The number of nitrogens with two attached hydrogens (primary N) is 2. The number of aromatic nitrogens is 3. The van der Waals surface area contributed by atoms with Crippen molar-refractivity contribution >= 4 is 23.5 Å². The normalized spacial score (nSPS) is 11.4. The first-order chi connectivity index (χ1) is 10.7. The minimum atomic E-state index is 0.109. The van der Waals surface area contributed by atoms with Crippen LogP contribution in [0.15, 0.2) is 60.7 Å². The molecule has 0 fully saturated rings. The molecule has 0 aliphatic heterocycles. The van der Waals surface area contributed by atoms with Crippen molar-refractivity contribution in [1.82, 2.24) is 15.0 Å². The molecule has 22 heavy (non-hydrogen) atoms. The molecule has 3 rings (SSSR count). The number of nitrogens with zero attached hydrogens (tertiary/aromatic N) is 3. The van der Waals surface area contributed by atoms with Gasteiger partial charge in [0, 0.05) is 5.57 Å². The summed E-state index contributed by atoms with van der Waals surface area (Å²) in [5.41, 5.74) is 14.3. The van der Waals surface area contributed by atoms with Gasteiger partial charge >= 0.3 is 0 Å². The largest absolute Gasteiger partial charge is 0.368 e.